The number of para-hydroxylation sites is 1. The number of nitrogens with zero attached hydrogens (tertiary/aromatic N) is 1. The molecule has 0 aliphatic carbocycles. The number of rotatable bonds is 7. The van der Waals surface area contributed by atoms with E-state index in [-0.39, 0.29) is 0 Å². The Balaban J connectivity index is 1.64. The van der Waals surface area contributed by atoms with Crippen molar-refractivity contribution in [2.45, 2.75) is 32.9 Å². The number of hydrogen-bond donors (Lipinski definition) is 1. The standard InChI is InChI=1S/C20H24N2/c1-2-14-22-16-18(19-10-6-7-11-20(19)22)15-21-13-12-17-8-4-3-5-9-17/h3-11,16,21H,2,12-15H2,1H3. The van der Waals surface area contributed by atoms with Crippen LogP contribution in [0, 0.1) is 0 Å². The fraction of sp³-hybridized carbons (Fsp3) is 0.300. The lowest BCUT2D eigenvalue weighted by Crippen LogP contribution is -2.16. The molecule has 0 atom stereocenters. The lowest BCUT2D eigenvalue weighted by molar-refractivity contribution is 0.674. The first kappa shape index (κ1) is 14.9. The minimum absolute atomic E-state index is 0.935. The van der Waals surface area contributed by atoms with Gasteiger partial charge in [-0.2, -0.15) is 0 Å². The normalized spacial score (nSPS) is 11.1. The van der Waals surface area contributed by atoms with Crippen LogP contribution in [0.5, 0.6) is 0 Å². The Kier molecular flexibility index (Phi) is 4.92. The highest BCUT2D eigenvalue weighted by Crippen LogP contribution is 2.21. The summed E-state index contributed by atoms with van der Waals surface area (Å²) in [5.74, 6) is 0. The number of aromatic nitrogens is 1. The van der Waals surface area contributed by atoms with Gasteiger partial charge in [-0.25, -0.2) is 0 Å². The summed E-state index contributed by atoms with van der Waals surface area (Å²) in [4.78, 5) is 0. The van der Waals surface area contributed by atoms with Gasteiger partial charge in [0.25, 0.3) is 0 Å². The molecule has 0 bridgehead atoms. The van der Waals surface area contributed by atoms with Crippen LogP contribution in [0.15, 0.2) is 60.8 Å². The number of fused-ring (bicyclic) bond motifs is 1. The summed E-state index contributed by atoms with van der Waals surface area (Å²) in [7, 11) is 0. The average molecular weight is 292 g/mol. The minimum atomic E-state index is 0.935. The highest BCUT2D eigenvalue weighted by atomic mass is 15.0. The van der Waals surface area contributed by atoms with Crippen LogP contribution in [-0.4, -0.2) is 11.1 Å². The van der Waals surface area contributed by atoms with Gasteiger partial charge in [-0.05, 0) is 36.6 Å². The summed E-state index contributed by atoms with van der Waals surface area (Å²) in [6, 6.07) is 19.4. The Bertz CT molecular complexity index is 713. The van der Waals surface area contributed by atoms with Crippen LogP contribution in [0.4, 0.5) is 0 Å². The number of benzene rings is 2. The molecule has 0 radical (unpaired) electrons. The van der Waals surface area contributed by atoms with E-state index in [1.807, 2.05) is 0 Å². The van der Waals surface area contributed by atoms with E-state index >= 15 is 0 Å². The zero-order valence-corrected chi connectivity index (χ0v) is 13.3. The highest BCUT2D eigenvalue weighted by molar-refractivity contribution is 5.83. The Labute approximate surface area is 132 Å². The molecule has 2 heteroatoms. The Morgan fingerprint density at radius 1 is 0.955 bits per heavy atom. The van der Waals surface area contributed by atoms with Gasteiger partial charge in [-0.15, -0.1) is 0 Å². The molecule has 0 fully saturated rings. The maximum absolute atomic E-state index is 3.58. The quantitative estimate of drug-likeness (QED) is 0.639. The maximum atomic E-state index is 3.58. The van der Waals surface area contributed by atoms with E-state index in [0.717, 1.165) is 26.1 Å². The fourth-order valence-corrected chi connectivity index (χ4v) is 2.99. The van der Waals surface area contributed by atoms with Crippen LogP contribution in [-0.2, 0) is 19.5 Å². The fourth-order valence-electron chi connectivity index (χ4n) is 2.99. The Hall–Kier alpha value is -2.06. The molecule has 0 amide bonds. The third kappa shape index (κ3) is 3.40. The Morgan fingerprint density at radius 2 is 1.73 bits per heavy atom. The molecule has 0 aliphatic heterocycles. The van der Waals surface area contributed by atoms with Gasteiger partial charge in [0.15, 0.2) is 0 Å². The summed E-state index contributed by atoms with van der Waals surface area (Å²) in [6.07, 6.45) is 4.55. The van der Waals surface area contributed by atoms with E-state index < -0.39 is 0 Å². The van der Waals surface area contributed by atoms with Crippen LogP contribution in [0.3, 0.4) is 0 Å². The molecule has 3 rings (SSSR count). The molecule has 1 aromatic heterocycles. The first-order valence-electron chi connectivity index (χ1n) is 8.20. The lowest BCUT2D eigenvalue weighted by Gasteiger charge is -2.04. The maximum Gasteiger partial charge on any atom is 0.0483 e. The van der Waals surface area contributed by atoms with Crippen molar-refractivity contribution in [1.29, 1.82) is 0 Å². The molecule has 2 nitrogen and oxygen atoms in total. The van der Waals surface area contributed by atoms with Crippen LogP contribution < -0.4 is 5.32 Å². The molecule has 2 aromatic carbocycles. The second-order valence-electron chi connectivity index (χ2n) is 5.78. The molecule has 114 valence electrons. The zero-order chi connectivity index (χ0) is 15.2. The van der Waals surface area contributed by atoms with Gasteiger partial charge in [0.2, 0.25) is 0 Å². The van der Waals surface area contributed by atoms with E-state index in [0.29, 0.717) is 0 Å². The second-order valence-corrected chi connectivity index (χ2v) is 5.78. The van der Waals surface area contributed by atoms with Crippen molar-refractivity contribution in [3.63, 3.8) is 0 Å². The minimum Gasteiger partial charge on any atom is -0.347 e. The van der Waals surface area contributed by atoms with E-state index in [2.05, 4.69) is 77.6 Å². The molecule has 0 unspecified atom stereocenters. The third-order valence-electron chi connectivity index (χ3n) is 4.08. The van der Waals surface area contributed by atoms with E-state index in [9.17, 15) is 0 Å². The van der Waals surface area contributed by atoms with Crippen molar-refractivity contribution in [3.05, 3.63) is 71.9 Å². The first-order chi connectivity index (χ1) is 10.9. The van der Waals surface area contributed by atoms with Crippen molar-refractivity contribution in [2.24, 2.45) is 0 Å². The molecule has 0 saturated heterocycles. The molecule has 0 spiro atoms. The molecule has 1 N–H and O–H groups in total. The van der Waals surface area contributed by atoms with Gasteiger partial charge in [0, 0.05) is 30.2 Å². The van der Waals surface area contributed by atoms with E-state index in [4.69, 9.17) is 0 Å². The van der Waals surface area contributed by atoms with Gasteiger partial charge < -0.3 is 9.88 Å². The molecular weight excluding hydrogens is 268 g/mol. The average Bonchev–Trinajstić information content (AvgIpc) is 2.91. The predicted octanol–water partition coefficient (Wildman–Crippen LogP) is 4.38. The monoisotopic (exact) mass is 292 g/mol. The highest BCUT2D eigenvalue weighted by Gasteiger charge is 2.06. The van der Waals surface area contributed by atoms with Gasteiger partial charge in [-0.1, -0.05) is 55.5 Å². The lowest BCUT2D eigenvalue weighted by atomic mass is 10.1. The van der Waals surface area contributed by atoms with Gasteiger partial charge in [0.1, 0.15) is 0 Å². The van der Waals surface area contributed by atoms with Gasteiger partial charge in [-0.3, -0.25) is 0 Å². The zero-order valence-electron chi connectivity index (χ0n) is 13.3. The van der Waals surface area contributed by atoms with Crippen molar-refractivity contribution in [3.8, 4) is 0 Å². The Morgan fingerprint density at radius 3 is 2.55 bits per heavy atom. The van der Waals surface area contributed by atoms with E-state index in [1.54, 1.807) is 0 Å². The van der Waals surface area contributed by atoms with Gasteiger partial charge in [0.05, 0.1) is 0 Å². The summed E-state index contributed by atoms with van der Waals surface area (Å²) >= 11 is 0. The topological polar surface area (TPSA) is 17.0 Å². The summed E-state index contributed by atoms with van der Waals surface area (Å²) in [6.45, 7) is 5.26. The van der Waals surface area contributed by atoms with Crippen LogP contribution in [0.25, 0.3) is 10.9 Å². The number of hydrogen-bond acceptors (Lipinski definition) is 1. The molecule has 0 aliphatic rings. The summed E-state index contributed by atoms with van der Waals surface area (Å²) in [5.41, 5.74) is 4.14. The van der Waals surface area contributed by atoms with Crippen molar-refractivity contribution >= 4 is 10.9 Å². The first-order valence-corrected chi connectivity index (χ1v) is 8.20. The third-order valence-corrected chi connectivity index (χ3v) is 4.08. The smallest absolute Gasteiger partial charge is 0.0483 e. The summed E-state index contributed by atoms with van der Waals surface area (Å²) in [5, 5.41) is 4.96. The van der Waals surface area contributed by atoms with Crippen molar-refractivity contribution < 1.29 is 0 Å². The molecule has 22 heavy (non-hydrogen) atoms. The van der Waals surface area contributed by atoms with Crippen LogP contribution >= 0.6 is 0 Å². The molecule has 1 heterocycles. The molecular formula is C20H24N2. The largest absolute Gasteiger partial charge is 0.347 e. The second kappa shape index (κ2) is 7.28. The van der Waals surface area contributed by atoms with Crippen molar-refractivity contribution in [2.75, 3.05) is 6.54 Å². The summed E-state index contributed by atoms with van der Waals surface area (Å²) < 4.78 is 2.38. The number of aryl methyl sites for hydroxylation is 1. The predicted molar refractivity (Wildman–Crippen MR) is 94.1 cm³/mol. The van der Waals surface area contributed by atoms with Crippen molar-refractivity contribution in [1.82, 2.24) is 9.88 Å². The van der Waals surface area contributed by atoms with Crippen LogP contribution in [0.2, 0.25) is 0 Å². The SMILES string of the molecule is CCCn1cc(CNCCc2ccccc2)c2ccccc21. The molecule has 0 saturated carbocycles. The van der Waals surface area contributed by atoms with Crippen LogP contribution in [0.1, 0.15) is 24.5 Å². The van der Waals surface area contributed by atoms with E-state index in [1.165, 1.54) is 28.5 Å². The number of nitrogens with one attached hydrogen (secondary N) is 1. The molecule has 3 aromatic rings. The van der Waals surface area contributed by atoms with Gasteiger partial charge >= 0.3 is 0 Å².